The molecule has 2 heterocycles. The molecule has 1 amide bonds. The maximum atomic E-state index is 13.0. The summed E-state index contributed by atoms with van der Waals surface area (Å²) in [6.07, 6.45) is -0.0512. The number of aliphatic hydroxyl groups excluding tert-OH is 1. The number of halogens is 1. The predicted molar refractivity (Wildman–Crippen MR) is 112 cm³/mol. The van der Waals surface area contributed by atoms with Crippen molar-refractivity contribution in [3.05, 3.63) is 59.2 Å². The molecule has 1 aromatic heterocycles. The molecule has 2 atom stereocenters. The number of nitrogens with zero attached hydrogens (tertiary/aromatic N) is 1. The largest absolute Gasteiger partial charge is 0.497 e. The Balaban J connectivity index is 1.45. The zero-order valence-corrected chi connectivity index (χ0v) is 16.9. The van der Waals surface area contributed by atoms with Gasteiger partial charge in [0.2, 0.25) is 0 Å². The number of carbonyl (C=O) groups is 1. The van der Waals surface area contributed by atoms with E-state index in [-0.39, 0.29) is 12.0 Å². The maximum Gasteiger partial charge on any atom is 0.270 e. The number of likely N-dealkylation sites (tertiary alicyclic amines) is 1. The van der Waals surface area contributed by atoms with Gasteiger partial charge in [-0.15, -0.1) is 0 Å². The van der Waals surface area contributed by atoms with Crippen molar-refractivity contribution in [3.63, 3.8) is 0 Å². The van der Waals surface area contributed by atoms with E-state index < -0.39 is 6.10 Å². The van der Waals surface area contributed by atoms with Crippen LogP contribution in [0.3, 0.4) is 0 Å². The molecule has 4 rings (SSSR count). The summed E-state index contributed by atoms with van der Waals surface area (Å²) < 4.78 is 11.2. The molecule has 0 saturated carbocycles. The van der Waals surface area contributed by atoms with Gasteiger partial charge in [0.25, 0.3) is 5.91 Å². The molecular formula is C22H23ClN2O4. The minimum atomic E-state index is -0.652. The van der Waals surface area contributed by atoms with Crippen LogP contribution >= 0.6 is 11.6 Å². The highest BCUT2D eigenvalue weighted by Gasteiger charge is 2.29. The Morgan fingerprint density at radius 3 is 2.76 bits per heavy atom. The van der Waals surface area contributed by atoms with Crippen molar-refractivity contribution >= 4 is 28.4 Å². The van der Waals surface area contributed by atoms with Crippen molar-refractivity contribution in [3.8, 4) is 11.5 Å². The molecule has 0 radical (unpaired) electrons. The molecule has 1 aliphatic rings. The van der Waals surface area contributed by atoms with E-state index in [0.717, 1.165) is 10.9 Å². The normalized spacial score (nSPS) is 19.8. The van der Waals surface area contributed by atoms with Gasteiger partial charge in [-0.05, 0) is 42.8 Å². The van der Waals surface area contributed by atoms with Crippen LogP contribution < -0.4 is 9.47 Å². The first-order valence-corrected chi connectivity index (χ1v) is 9.97. The van der Waals surface area contributed by atoms with E-state index in [0.29, 0.717) is 48.1 Å². The first-order valence-electron chi connectivity index (χ1n) is 9.60. The second-order valence-electron chi connectivity index (χ2n) is 7.19. The van der Waals surface area contributed by atoms with Gasteiger partial charge >= 0.3 is 0 Å². The number of amides is 1. The molecule has 2 aromatic carbocycles. The first kappa shape index (κ1) is 19.6. The number of benzene rings is 2. The molecule has 0 bridgehead atoms. The van der Waals surface area contributed by atoms with E-state index in [1.165, 1.54) is 0 Å². The first-order chi connectivity index (χ1) is 14.0. The van der Waals surface area contributed by atoms with Crippen LogP contribution in [-0.4, -0.2) is 53.3 Å². The monoisotopic (exact) mass is 414 g/mol. The van der Waals surface area contributed by atoms with Gasteiger partial charge in [0.15, 0.2) is 0 Å². The summed E-state index contributed by atoms with van der Waals surface area (Å²) >= 11 is 6.04. The van der Waals surface area contributed by atoms with Crippen LogP contribution in [0.4, 0.5) is 0 Å². The number of aromatic nitrogens is 1. The van der Waals surface area contributed by atoms with E-state index in [1.54, 1.807) is 24.1 Å². The van der Waals surface area contributed by atoms with Crippen molar-refractivity contribution in [2.75, 3.05) is 20.2 Å². The molecule has 0 unspecified atom stereocenters. The number of aliphatic hydroxyl groups is 1. The van der Waals surface area contributed by atoms with Crippen molar-refractivity contribution in [2.24, 2.45) is 0 Å². The van der Waals surface area contributed by atoms with Crippen LogP contribution in [0.25, 0.3) is 10.9 Å². The van der Waals surface area contributed by atoms with Gasteiger partial charge in [-0.3, -0.25) is 4.79 Å². The number of carbonyl (C=O) groups excluding carboxylic acids is 1. The molecule has 3 aromatic rings. The van der Waals surface area contributed by atoms with Gasteiger partial charge < -0.3 is 24.5 Å². The summed E-state index contributed by atoms with van der Waals surface area (Å²) in [5, 5.41) is 12.1. The van der Waals surface area contributed by atoms with Crippen molar-refractivity contribution in [2.45, 2.75) is 25.0 Å². The van der Waals surface area contributed by atoms with E-state index >= 15 is 0 Å². The number of H-pyrrole nitrogens is 1. The molecule has 0 aliphatic carbocycles. The SMILES string of the molecule is COc1cccc(O[C@H]2CCN(C(=O)c3cc4cc(Cl)ccc4[nH]3)CC[C@@H]2O)c1. The van der Waals surface area contributed by atoms with Crippen molar-refractivity contribution < 1.29 is 19.4 Å². The number of methoxy groups -OCH3 is 1. The van der Waals surface area contributed by atoms with Crippen molar-refractivity contribution in [1.29, 1.82) is 0 Å². The number of hydrogen-bond donors (Lipinski definition) is 2. The molecule has 1 aliphatic heterocycles. The summed E-state index contributed by atoms with van der Waals surface area (Å²) in [4.78, 5) is 17.9. The number of hydrogen-bond acceptors (Lipinski definition) is 4. The average Bonchev–Trinajstić information content (AvgIpc) is 3.06. The third kappa shape index (κ3) is 4.33. The van der Waals surface area contributed by atoms with E-state index in [9.17, 15) is 9.90 Å². The van der Waals surface area contributed by atoms with Crippen LogP contribution in [0.2, 0.25) is 5.02 Å². The summed E-state index contributed by atoms with van der Waals surface area (Å²) in [5.41, 5.74) is 1.38. The van der Waals surface area contributed by atoms with Crippen LogP contribution in [0.1, 0.15) is 23.3 Å². The molecule has 6 nitrogen and oxygen atoms in total. The van der Waals surface area contributed by atoms with E-state index in [2.05, 4.69) is 4.98 Å². The molecule has 2 N–H and O–H groups in total. The van der Waals surface area contributed by atoms with Gasteiger partial charge in [-0.1, -0.05) is 17.7 Å². The molecule has 1 saturated heterocycles. The molecule has 29 heavy (non-hydrogen) atoms. The number of rotatable bonds is 4. The van der Waals surface area contributed by atoms with Gasteiger partial charge in [0.05, 0.1) is 13.2 Å². The molecule has 0 spiro atoms. The lowest BCUT2D eigenvalue weighted by Crippen LogP contribution is -2.32. The number of nitrogens with one attached hydrogen (secondary N) is 1. The molecular weight excluding hydrogens is 392 g/mol. The number of aromatic amines is 1. The van der Waals surface area contributed by atoms with Gasteiger partial charge in [0.1, 0.15) is 23.3 Å². The lowest BCUT2D eigenvalue weighted by Gasteiger charge is -2.22. The fourth-order valence-corrected chi connectivity index (χ4v) is 3.82. The van der Waals surface area contributed by atoms with Crippen LogP contribution in [0, 0.1) is 0 Å². The van der Waals surface area contributed by atoms with E-state index in [4.69, 9.17) is 21.1 Å². The molecule has 152 valence electrons. The Bertz CT molecular complexity index is 1020. The minimum absolute atomic E-state index is 0.0912. The highest BCUT2D eigenvalue weighted by atomic mass is 35.5. The standard InChI is InChI=1S/C22H23ClN2O4/c1-28-16-3-2-4-17(13-16)29-21-8-10-25(9-7-20(21)26)22(27)19-12-14-11-15(23)5-6-18(14)24-19/h2-6,11-13,20-21,24,26H,7-10H2,1H3/t20-,21-/m0/s1. The highest BCUT2D eigenvalue weighted by molar-refractivity contribution is 6.31. The topological polar surface area (TPSA) is 74.8 Å². The number of ether oxygens (including phenoxy) is 2. The predicted octanol–water partition coefficient (Wildman–Crippen LogP) is 3.87. The third-order valence-corrected chi connectivity index (χ3v) is 5.47. The maximum absolute atomic E-state index is 13.0. The minimum Gasteiger partial charge on any atom is -0.497 e. The smallest absolute Gasteiger partial charge is 0.270 e. The summed E-state index contributed by atoms with van der Waals surface area (Å²) in [7, 11) is 1.60. The lowest BCUT2D eigenvalue weighted by molar-refractivity contribution is 0.0349. The third-order valence-electron chi connectivity index (χ3n) is 5.24. The highest BCUT2D eigenvalue weighted by Crippen LogP contribution is 2.25. The quantitative estimate of drug-likeness (QED) is 0.679. The number of fused-ring (bicyclic) bond motifs is 1. The Morgan fingerprint density at radius 1 is 1.14 bits per heavy atom. The second kappa shape index (κ2) is 8.35. The fourth-order valence-electron chi connectivity index (χ4n) is 3.64. The fraction of sp³-hybridized carbons (Fsp3) is 0.318. The Hall–Kier alpha value is -2.70. The molecule has 1 fully saturated rings. The lowest BCUT2D eigenvalue weighted by atomic mass is 10.1. The molecule has 7 heteroatoms. The Morgan fingerprint density at radius 2 is 1.93 bits per heavy atom. The van der Waals surface area contributed by atoms with Crippen LogP contribution in [0.15, 0.2) is 48.5 Å². The van der Waals surface area contributed by atoms with Gasteiger partial charge in [-0.25, -0.2) is 0 Å². The van der Waals surface area contributed by atoms with E-state index in [1.807, 2.05) is 36.4 Å². The average molecular weight is 415 g/mol. The van der Waals surface area contributed by atoms with Crippen molar-refractivity contribution in [1.82, 2.24) is 9.88 Å². The summed E-state index contributed by atoms with van der Waals surface area (Å²) in [6.45, 7) is 0.967. The summed E-state index contributed by atoms with van der Waals surface area (Å²) in [5.74, 6) is 1.24. The zero-order valence-electron chi connectivity index (χ0n) is 16.1. The Labute approximate surface area is 174 Å². The zero-order chi connectivity index (χ0) is 20.4. The Kier molecular flexibility index (Phi) is 5.65. The van der Waals surface area contributed by atoms with Gasteiger partial charge in [-0.2, -0.15) is 0 Å². The summed E-state index contributed by atoms with van der Waals surface area (Å²) in [6, 6.07) is 14.6. The van der Waals surface area contributed by atoms with Gasteiger partial charge in [0, 0.05) is 41.5 Å². The van der Waals surface area contributed by atoms with Crippen LogP contribution in [0.5, 0.6) is 11.5 Å². The second-order valence-corrected chi connectivity index (χ2v) is 7.62. The van der Waals surface area contributed by atoms with Crippen LogP contribution in [-0.2, 0) is 0 Å².